The summed E-state index contributed by atoms with van der Waals surface area (Å²) in [6.45, 7) is 5.82. The molecule has 1 N–H and O–H groups in total. The molecule has 0 saturated carbocycles. The maximum atomic E-state index is 13.0. The number of hydrogen-bond acceptors (Lipinski definition) is 8. The molecule has 1 aliphatic heterocycles. The average Bonchev–Trinajstić information content (AvgIpc) is 3.19. The van der Waals surface area contributed by atoms with Crippen LogP contribution in [0.25, 0.3) is 0 Å². The van der Waals surface area contributed by atoms with E-state index < -0.39 is 15.9 Å². The summed E-state index contributed by atoms with van der Waals surface area (Å²) in [6.07, 6.45) is 0.765. The number of nitriles is 3. The van der Waals surface area contributed by atoms with E-state index in [1.54, 1.807) is 0 Å². The molecule has 2 aromatic rings. The molecule has 0 radical (unpaired) electrons. The smallest absolute Gasteiger partial charge is 0.256 e. The number of nitrogens with zero attached hydrogens (tertiary/aromatic N) is 5. The highest BCUT2D eigenvalue weighted by Crippen LogP contribution is 2.37. The van der Waals surface area contributed by atoms with Crippen LogP contribution in [0.3, 0.4) is 0 Å². The van der Waals surface area contributed by atoms with Crippen LogP contribution in [0.15, 0.2) is 29.2 Å². The van der Waals surface area contributed by atoms with Gasteiger partial charge in [-0.1, -0.05) is 0 Å². The van der Waals surface area contributed by atoms with Crippen LogP contribution >= 0.6 is 11.3 Å². The van der Waals surface area contributed by atoms with E-state index in [0.29, 0.717) is 16.6 Å². The molecule has 3 rings (SSSR count). The van der Waals surface area contributed by atoms with Crippen molar-refractivity contribution in [2.75, 3.05) is 25.0 Å². The average molecular weight is 511 g/mol. The lowest BCUT2D eigenvalue weighted by Gasteiger charge is -2.30. The molecular weight excluding hydrogens is 484 g/mol. The Morgan fingerprint density at radius 1 is 1.14 bits per heavy atom. The summed E-state index contributed by atoms with van der Waals surface area (Å²) in [5.41, 5.74) is 1.73. The zero-order valence-electron chi connectivity index (χ0n) is 19.6. The molecule has 0 saturated heterocycles. The number of nitrogens with one attached hydrogen (secondary N) is 1. The number of rotatable bonds is 9. The molecule has 11 heteroatoms. The van der Waals surface area contributed by atoms with E-state index in [2.05, 4.69) is 30.1 Å². The van der Waals surface area contributed by atoms with Gasteiger partial charge in [-0.15, -0.1) is 11.3 Å². The van der Waals surface area contributed by atoms with Gasteiger partial charge < -0.3 is 5.32 Å². The van der Waals surface area contributed by atoms with Crippen LogP contribution in [0.4, 0.5) is 5.00 Å². The Hall–Kier alpha value is -3.27. The molecule has 1 aromatic heterocycles. The number of fused-ring (bicyclic) bond motifs is 1. The molecule has 0 atom stereocenters. The van der Waals surface area contributed by atoms with E-state index in [9.17, 15) is 18.5 Å². The SMILES string of the molecule is CC(C)N1CCc2c(sc(NC(=O)c3ccc(S(=O)(=O)N(CCC#N)CCC#N)cc3)c2C#N)C1. The number of anilines is 1. The van der Waals surface area contributed by atoms with Crippen LogP contribution in [-0.4, -0.2) is 49.2 Å². The standard InChI is InChI=1S/C24H26N6O3S2/c1-17(2)29-14-9-20-21(15-27)24(34-22(20)16-29)28-23(31)18-5-7-19(8-6-18)35(32,33)30(12-3-10-25)13-4-11-26/h5-8,17H,3-4,9,12-14,16H2,1-2H3,(H,28,31). The van der Waals surface area contributed by atoms with Crippen molar-refractivity contribution in [2.45, 2.75) is 50.6 Å². The number of benzene rings is 1. The molecule has 1 amide bonds. The molecule has 0 fully saturated rings. The number of hydrogen-bond donors (Lipinski definition) is 1. The molecule has 0 spiro atoms. The first-order valence-corrected chi connectivity index (χ1v) is 13.4. The van der Waals surface area contributed by atoms with Crippen molar-refractivity contribution in [3.63, 3.8) is 0 Å². The Morgan fingerprint density at radius 2 is 1.77 bits per heavy atom. The lowest BCUT2D eigenvalue weighted by atomic mass is 10.0. The molecule has 9 nitrogen and oxygen atoms in total. The predicted octanol–water partition coefficient (Wildman–Crippen LogP) is 3.46. The van der Waals surface area contributed by atoms with E-state index in [4.69, 9.17) is 10.5 Å². The minimum atomic E-state index is -3.92. The van der Waals surface area contributed by atoms with Crippen LogP contribution in [0.1, 0.15) is 53.1 Å². The summed E-state index contributed by atoms with van der Waals surface area (Å²) in [5.74, 6) is -0.435. The predicted molar refractivity (Wildman–Crippen MR) is 132 cm³/mol. The molecule has 1 aromatic carbocycles. The molecular formula is C24H26N6O3S2. The quantitative estimate of drug-likeness (QED) is 0.544. The highest BCUT2D eigenvalue weighted by molar-refractivity contribution is 7.89. The Labute approximate surface area is 209 Å². The van der Waals surface area contributed by atoms with Crippen molar-refractivity contribution in [3.05, 3.63) is 45.8 Å². The van der Waals surface area contributed by atoms with Crippen molar-refractivity contribution < 1.29 is 13.2 Å². The largest absolute Gasteiger partial charge is 0.312 e. The first kappa shape index (κ1) is 26.3. The fraction of sp³-hybridized carbons (Fsp3) is 0.417. The highest BCUT2D eigenvalue weighted by Gasteiger charge is 2.27. The molecule has 0 unspecified atom stereocenters. The number of carbonyl (C=O) groups excluding carboxylic acids is 1. The van der Waals surface area contributed by atoms with E-state index >= 15 is 0 Å². The molecule has 182 valence electrons. The van der Waals surface area contributed by atoms with Gasteiger partial charge in [0.15, 0.2) is 0 Å². The van der Waals surface area contributed by atoms with Gasteiger partial charge in [-0.05, 0) is 50.1 Å². The van der Waals surface area contributed by atoms with Gasteiger partial charge in [0, 0.05) is 55.5 Å². The fourth-order valence-electron chi connectivity index (χ4n) is 3.87. The van der Waals surface area contributed by atoms with Gasteiger partial charge in [0.2, 0.25) is 10.0 Å². The second-order valence-electron chi connectivity index (χ2n) is 8.33. The van der Waals surface area contributed by atoms with Crippen molar-refractivity contribution in [3.8, 4) is 18.2 Å². The second kappa shape index (κ2) is 11.4. The summed E-state index contributed by atoms with van der Waals surface area (Å²) in [7, 11) is -3.92. The Balaban J connectivity index is 1.78. The van der Waals surface area contributed by atoms with Gasteiger partial charge in [0.1, 0.15) is 11.1 Å². The van der Waals surface area contributed by atoms with Gasteiger partial charge >= 0.3 is 0 Å². The Bertz CT molecular complexity index is 1290. The van der Waals surface area contributed by atoms with Crippen molar-refractivity contribution in [1.82, 2.24) is 9.21 Å². The van der Waals surface area contributed by atoms with E-state index in [0.717, 1.165) is 34.3 Å². The maximum absolute atomic E-state index is 13.0. The van der Waals surface area contributed by atoms with Crippen molar-refractivity contribution in [1.29, 1.82) is 15.8 Å². The van der Waals surface area contributed by atoms with Gasteiger partial charge in [-0.3, -0.25) is 9.69 Å². The number of carbonyl (C=O) groups is 1. The Morgan fingerprint density at radius 3 is 2.31 bits per heavy atom. The van der Waals surface area contributed by atoms with E-state index in [-0.39, 0.29) is 36.4 Å². The summed E-state index contributed by atoms with van der Waals surface area (Å²) in [6, 6.07) is 11.9. The van der Waals surface area contributed by atoms with E-state index in [1.807, 2.05) is 12.1 Å². The van der Waals surface area contributed by atoms with Gasteiger partial charge in [0.05, 0.1) is 22.6 Å². The lowest BCUT2D eigenvalue weighted by Crippen LogP contribution is -2.35. The fourth-order valence-corrected chi connectivity index (χ4v) is 6.53. The minimum absolute atomic E-state index is 0.00604. The van der Waals surface area contributed by atoms with Crippen LogP contribution in [0.5, 0.6) is 0 Å². The highest BCUT2D eigenvalue weighted by atomic mass is 32.2. The third-order valence-electron chi connectivity index (χ3n) is 5.86. The summed E-state index contributed by atoms with van der Waals surface area (Å²) >= 11 is 1.41. The molecule has 1 aliphatic rings. The normalized spacial score (nSPS) is 13.6. The van der Waals surface area contributed by atoms with Crippen molar-refractivity contribution in [2.24, 2.45) is 0 Å². The lowest BCUT2D eigenvalue weighted by molar-refractivity contribution is 0.102. The van der Waals surface area contributed by atoms with Gasteiger partial charge in [-0.25, -0.2) is 8.42 Å². The number of sulfonamides is 1. The minimum Gasteiger partial charge on any atom is -0.312 e. The molecule has 0 aliphatic carbocycles. The third-order valence-corrected chi connectivity index (χ3v) is 8.90. The monoisotopic (exact) mass is 510 g/mol. The summed E-state index contributed by atoms with van der Waals surface area (Å²) in [5, 5.41) is 30.7. The van der Waals surface area contributed by atoms with Crippen LogP contribution in [0, 0.1) is 34.0 Å². The van der Waals surface area contributed by atoms with E-state index in [1.165, 1.54) is 35.6 Å². The second-order valence-corrected chi connectivity index (χ2v) is 11.4. The topological polar surface area (TPSA) is 141 Å². The molecule has 0 bridgehead atoms. The number of thiophene rings is 1. The maximum Gasteiger partial charge on any atom is 0.256 e. The van der Waals surface area contributed by atoms with Crippen LogP contribution in [0.2, 0.25) is 0 Å². The zero-order valence-corrected chi connectivity index (χ0v) is 21.2. The molecule has 35 heavy (non-hydrogen) atoms. The molecule has 2 heterocycles. The number of amides is 1. The Kier molecular flexibility index (Phi) is 8.61. The summed E-state index contributed by atoms with van der Waals surface area (Å²) < 4.78 is 27.0. The zero-order chi connectivity index (χ0) is 25.6. The van der Waals surface area contributed by atoms with Crippen molar-refractivity contribution >= 4 is 32.3 Å². The first-order valence-electron chi connectivity index (χ1n) is 11.2. The van der Waals surface area contributed by atoms with Crippen LogP contribution in [-0.2, 0) is 23.0 Å². The third kappa shape index (κ3) is 5.87. The van der Waals surface area contributed by atoms with Gasteiger partial charge in [0.25, 0.3) is 5.91 Å². The van der Waals surface area contributed by atoms with Crippen LogP contribution < -0.4 is 5.32 Å². The first-order chi connectivity index (χ1) is 16.7. The van der Waals surface area contributed by atoms with Gasteiger partial charge in [-0.2, -0.15) is 20.1 Å². The summed E-state index contributed by atoms with van der Waals surface area (Å²) in [4.78, 5) is 16.3.